The van der Waals surface area contributed by atoms with Gasteiger partial charge in [0.2, 0.25) is 0 Å². The van der Waals surface area contributed by atoms with Crippen LogP contribution in [-0.4, -0.2) is 11.5 Å². The van der Waals surface area contributed by atoms with E-state index in [2.05, 4.69) is 41.1 Å². The van der Waals surface area contributed by atoms with Gasteiger partial charge in [-0.25, -0.2) is 4.39 Å². The van der Waals surface area contributed by atoms with Crippen LogP contribution >= 0.6 is 0 Å². The molecule has 2 heterocycles. The van der Waals surface area contributed by atoms with Crippen molar-refractivity contribution >= 4 is 16.6 Å². The second kappa shape index (κ2) is 5.09. The van der Waals surface area contributed by atoms with Crippen molar-refractivity contribution in [1.29, 1.82) is 0 Å². The Morgan fingerprint density at radius 2 is 2.00 bits per heavy atom. The van der Waals surface area contributed by atoms with Crippen molar-refractivity contribution in [3.8, 4) is 0 Å². The third-order valence-electron chi connectivity index (χ3n) is 4.46. The molecule has 0 fully saturated rings. The monoisotopic (exact) mass is 292 g/mol. The van der Waals surface area contributed by atoms with E-state index in [0.717, 1.165) is 24.2 Å². The molecule has 0 spiro atoms. The van der Waals surface area contributed by atoms with Gasteiger partial charge in [0.1, 0.15) is 5.82 Å². The van der Waals surface area contributed by atoms with Crippen LogP contribution in [0.5, 0.6) is 0 Å². The summed E-state index contributed by atoms with van der Waals surface area (Å²) in [5, 5.41) is 0.598. The van der Waals surface area contributed by atoms with Crippen LogP contribution in [0.1, 0.15) is 24.0 Å². The number of fused-ring (bicyclic) bond motifs is 2. The van der Waals surface area contributed by atoms with E-state index in [4.69, 9.17) is 0 Å². The van der Waals surface area contributed by atoms with Gasteiger partial charge in [-0.2, -0.15) is 0 Å². The Bertz CT molecular complexity index is 844. The van der Waals surface area contributed by atoms with Crippen molar-refractivity contribution in [2.75, 3.05) is 11.4 Å². The summed E-state index contributed by atoms with van der Waals surface area (Å²) >= 11 is 0. The average molecular weight is 292 g/mol. The molecule has 2 aromatic carbocycles. The summed E-state index contributed by atoms with van der Waals surface area (Å²) in [6.07, 6.45) is 1.73. The van der Waals surface area contributed by atoms with Gasteiger partial charge >= 0.3 is 0 Å². The predicted molar refractivity (Wildman–Crippen MR) is 87.6 cm³/mol. The van der Waals surface area contributed by atoms with E-state index < -0.39 is 0 Å². The Balaban J connectivity index is 1.75. The molecule has 22 heavy (non-hydrogen) atoms. The van der Waals surface area contributed by atoms with Crippen LogP contribution in [-0.2, 0) is 6.54 Å². The highest BCUT2D eigenvalue weighted by atomic mass is 19.1. The van der Waals surface area contributed by atoms with Gasteiger partial charge in [-0.3, -0.25) is 4.98 Å². The van der Waals surface area contributed by atoms with Crippen LogP contribution in [0.4, 0.5) is 10.1 Å². The summed E-state index contributed by atoms with van der Waals surface area (Å²) < 4.78 is 13.9. The highest BCUT2D eigenvalue weighted by molar-refractivity contribution is 5.82. The number of nitrogens with zero attached hydrogens (tertiary/aromatic N) is 2. The molecule has 3 heteroatoms. The molecule has 0 saturated carbocycles. The third kappa shape index (κ3) is 2.05. The van der Waals surface area contributed by atoms with E-state index in [9.17, 15) is 4.39 Å². The summed E-state index contributed by atoms with van der Waals surface area (Å²) in [6, 6.07) is 15.5. The first-order valence-electron chi connectivity index (χ1n) is 7.60. The third-order valence-corrected chi connectivity index (χ3v) is 4.46. The molecular formula is C19H17FN2. The fraction of sp³-hybridized carbons (Fsp3) is 0.211. The molecule has 0 N–H and O–H groups in total. The number of pyridine rings is 1. The molecule has 0 bridgehead atoms. The number of halogens is 1. The van der Waals surface area contributed by atoms with E-state index >= 15 is 0 Å². The minimum atomic E-state index is -0.206. The Morgan fingerprint density at radius 1 is 1.14 bits per heavy atom. The summed E-state index contributed by atoms with van der Waals surface area (Å²) in [5.41, 5.74) is 4.51. The van der Waals surface area contributed by atoms with Gasteiger partial charge in [-0.05, 0) is 35.4 Å². The number of rotatable bonds is 2. The standard InChI is InChI=1S/C19H17FN2/c1-13-11-22(18-7-3-2-5-15(13)18)12-14-8-9-17(20)16-6-4-10-21-19(14)16/h2-10,13H,11-12H2,1H3. The van der Waals surface area contributed by atoms with Gasteiger partial charge in [0.15, 0.2) is 0 Å². The Labute approximate surface area is 129 Å². The zero-order valence-electron chi connectivity index (χ0n) is 12.5. The van der Waals surface area contributed by atoms with Crippen molar-refractivity contribution in [3.63, 3.8) is 0 Å². The van der Waals surface area contributed by atoms with Crippen molar-refractivity contribution in [2.24, 2.45) is 0 Å². The van der Waals surface area contributed by atoms with Crippen LogP contribution in [0.15, 0.2) is 54.7 Å². The molecule has 0 aliphatic carbocycles. The van der Waals surface area contributed by atoms with E-state index in [0.29, 0.717) is 11.3 Å². The molecule has 1 aromatic heterocycles. The van der Waals surface area contributed by atoms with Crippen LogP contribution in [0, 0.1) is 5.82 Å². The normalized spacial score (nSPS) is 17.0. The Hall–Kier alpha value is -2.42. The number of hydrogen-bond donors (Lipinski definition) is 0. The van der Waals surface area contributed by atoms with E-state index in [-0.39, 0.29) is 5.82 Å². The maximum atomic E-state index is 13.9. The molecule has 4 rings (SSSR count). The van der Waals surface area contributed by atoms with Gasteiger partial charge < -0.3 is 4.90 Å². The van der Waals surface area contributed by atoms with E-state index in [1.165, 1.54) is 11.3 Å². The van der Waals surface area contributed by atoms with Crippen molar-refractivity contribution in [1.82, 2.24) is 4.98 Å². The molecule has 1 aliphatic heterocycles. The first-order valence-corrected chi connectivity index (χ1v) is 7.60. The lowest BCUT2D eigenvalue weighted by atomic mass is 10.0. The lowest BCUT2D eigenvalue weighted by Gasteiger charge is -2.20. The number of hydrogen-bond acceptors (Lipinski definition) is 2. The molecule has 0 amide bonds. The predicted octanol–water partition coefficient (Wildman–Crippen LogP) is 4.50. The topological polar surface area (TPSA) is 16.1 Å². The minimum Gasteiger partial charge on any atom is -0.366 e. The summed E-state index contributed by atoms with van der Waals surface area (Å²) in [4.78, 5) is 6.75. The molecule has 3 aromatic rings. The molecule has 1 unspecified atom stereocenters. The Kier molecular flexibility index (Phi) is 3.07. The molecule has 0 radical (unpaired) electrons. The molecule has 2 nitrogen and oxygen atoms in total. The molecule has 110 valence electrons. The average Bonchev–Trinajstić information content (AvgIpc) is 2.87. The molecule has 1 atom stereocenters. The fourth-order valence-corrected chi connectivity index (χ4v) is 3.40. The number of anilines is 1. The number of benzene rings is 2. The lowest BCUT2D eigenvalue weighted by molar-refractivity contribution is 0.638. The number of aromatic nitrogens is 1. The zero-order chi connectivity index (χ0) is 15.1. The van der Waals surface area contributed by atoms with Crippen molar-refractivity contribution in [2.45, 2.75) is 19.4 Å². The second-order valence-electron chi connectivity index (χ2n) is 5.95. The highest BCUT2D eigenvalue weighted by Crippen LogP contribution is 2.37. The van der Waals surface area contributed by atoms with Gasteiger partial charge in [-0.1, -0.05) is 31.2 Å². The Morgan fingerprint density at radius 3 is 2.91 bits per heavy atom. The summed E-state index contributed by atoms with van der Waals surface area (Å²) in [7, 11) is 0. The van der Waals surface area contributed by atoms with Crippen molar-refractivity contribution < 1.29 is 4.39 Å². The minimum absolute atomic E-state index is 0.206. The molecular weight excluding hydrogens is 275 g/mol. The van der Waals surface area contributed by atoms with Gasteiger partial charge in [0.25, 0.3) is 0 Å². The first-order chi connectivity index (χ1) is 10.7. The summed E-state index contributed by atoms with van der Waals surface area (Å²) in [5.74, 6) is 0.318. The fourth-order valence-electron chi connectivity index (χ4n) is 3.40. The van der Waals surface area contributed by atoms with Crippen molar-refractivity contribution in [3.05, 3.63) is 71.7 Å². The smallest absolute Gasteiger partial charge is 0.132 e. The first kappa shape index (κ1) is 13.3. The second-order valence-corrected chi connectivity index (χ2v) is 5.95. The van der Waals surface area contributed by atoms with Gasteiger partial charge in [0, 0.05) is 36.3 Å². The maximum absolute atomic E-state index is 13.9. The van der Waals surface area contributed by atoms with Gasteiger partial charge in [-0.15, -0.1) is 0 Å². The van der Waals surface area contributed by atoms with Crippen LogP contribution in [0.2, 0.25) is 0 Å². The SMILES string of the molecule is CC1CN(Cc2ccc(F)c3cccnc23)c2ccccc21. The maximum Gasteiger partial charge on any atom is 0.132 e. The highest BCUT2D eigenvalue weighted by Gasteiger charge is 2.25. The van der Waals surface area contributed by atoms with Crippen LogP contribution < -0.4 is 4.90 Å². The summed E-state index contributed by atoms with van der Waals surface area (Å²) in [6.45, 7) is 4.00. The molecule has 0 saturated heterocycles. The largest absolute Gasteiger partial charge is 0.366 e. The molecule has 1 aliphatic rings. The zero-order valence-corrected chi connectivity index (χ0v) is 12.5. The van der Waals surface area contributed by atoms with E-state index in [1.54, 1.807) is 24.4 Å². The van der Waals surface area contributed by atoms with Gasteiger partial charge in [0.05, 0.1) is 5.52 Å². The quantitative estimate of drug-likeness (QED) is 0.691. The van der Waals surface area contributed by atoms with Crippen LogP contribution in [0.3, 0.4) is 0 Å². The number of para-hydroxylation sites is 1. The van der Waals surface area contributed by atoms with E-state index in [1.807, 2.05) is 6.07 Å². The lowest BCUT2D eigenvalue weighted by Crippen LogP contribution is -2.21. The van der Waals surface area contributed by atoms with Crippen LogP contribution in [0.25, 0.3) is 10.9 Å².